The lowest BCUT2D eigenvalue weighted by atomic mass is 9.95. The molecule has 0 saturated heterocycles. The number of nitrogens with zero attached hydrogens (tertiary/aromatic N) is 2. The summed E-state index contributed by atoms with van der Waals surface area (Å²) < 4.78 is 2.34. The van der Waals surface area contributed by atoms with Gasteiger partial charge in [-0.2, -0.15) is 0 Å². The number of fused-ring (bicyclic) bond motifs is 5. The summed E-state index contributed by atoms with van der Waals surface area (Å²) in [6.07, 6.45) is 6.94. The largest absolute Gasteiger partial charge is 0.323 e. The van der Waals surface area contributed by atoms with Gasteiger partial charge in [-0.1, -0.05) is 23.8 Å². The maximum absolute atomic E-state index is 13.9. The Hall–Kier alpha value is -2.83. The van der Waals surface area contributed by atoms with Gasteiger partial charge in [0.1, 0.15) is 11.0 Å². The summed E-state index contributed by atoms with van der Waals surface area (Å²) in [6, 6.07) is 14.5. The van der Waals surface area contributed by atoms with Crippen LogP contribution in [0.3, 0.4) is 0 Å². The van der Waals surface area contributed by atoms with Crippen LogP contribution in [0.4, 0.5) is 10.5 Å². The number of aryl methyl sites for hydroxylation is 3. The summed E-state index contributed by atoms with van der Waals surface area (Å²) in [7, 11) is 0. The second kappa shape index (κ2) is 8.19. The Bertz CT molecular complexity index is 1330. The van der Waals surface area contributed by atoms with Gasteiger partial charge in [0.25, 0.3) is 0 Å². The molecule has 4 heterocycles. The maximum atomic E-state index is 13.9. The molecule has 2 amide bonds. The van der Waals surface area contributed by atoms with Crippen molar-refractivity contribution in [2.24, 2.45) is 0 Å². The second-order valence-electron chi connectivity index (χ2n) is 9.09. The number of nitrogens with one attached hydrogen (secondary N) is 1. The first-order chi connectivity index (χ1) is 16.1. The van der Waals surface area contributed by atoms with E-state index in [9.17, 15) is 4.79 Å². The Balaban J connectivity index is 1.48. The van der Waals surface area contributed by atoms with Crippen molar-refractivity contribution in [2.75, 3.05) is 5.32 Å². The van der Waals surface area contributed by atoms with E-state index < -0.39 is 0 Å². The smallest absolute Gasteiger partial charge is 0.310 e. The average molecular weight is 474 g/mol. The first-order valence-corrected chi connectivity index (χ1v) is 13.3. The van der Waals surface area contributed by atoms with Crippen LogP contribution in [0.15, 0.2) is 54.0 Å². The molecule has 1 aromatic carbocycles. The van der Waals surface area contributed by atoms with Gasteiger partial charge < -0.3 is 14.8 Å². The molecule has 3 aromatic heterocycles. The Kier molecular flexibility index (Phi) is 5.15. The van der Waals surface area contributed by atoms with Gasteiger partial charge in [-0.3, -0.25) is 0 Å². The van der Waals surface area contributed by atoms with Crippen LogP contribution in [0.5, 0.6) is 0 Å². The highest BCUT2D eigenvalue weighted by Gasteiger charge is 2.36. The molecule has 33 heavy (non-hydrogen) atoms. The van der Waals surface area contributed by atoms with Gasteiger partial charge in [-0.15, -0.1) is 22.7 Å². The minimum Gasteiger partial charge on any atom is -0.310 e. The van der Waals surface area contributed by atoms with E-state index in [1.807, 2.05) is 22.3 Å². The average Bonchev–Trinajstić information content (AvgIpc) is 3.55. The summed E-state index contributed by atoms with van der Waals surface area (Å²) in [5, 5.41) is 6.64. The fraction of sp³-hybridized carbons (Fsp3) is 0.296. The van der Waals surface area contributed by atoms with Crippen molar-refractivity contribution >= 4 is 34.4 Å². The number of urea groups is 1. The van der Waals surface area contributed by atoms with E-state index in [2.05, 4.69) is 71.7 Å². The predicted octanol–water partition coefficient (Wildman–Crippen LogP) is 7.23. The highest BCUT2D eigenvalue weighted by atomic mass is 32.1. The number of rotatable bonds is 2. The number of carbonyl (C=O) groups excluding carboxylic acids is 1. The molecule has 1 aliphatic carbocycles. The lowest BCUT2D eigenvalue weighted by Gasteiger charge is -2.30. The number of carbonyl (C=O) groups is 1. The zero-order valence-corrected chi connectivity index (χ0v) is 20.6. The summed E-state index contributed by atoms with van der Waals surface area (Å²) >= 11 is 3.64. The van der Waals surface area contributed by atoms with Crippen LogP contribution in [0.1, 0.15) is 56.6 Å². The van der Waals surface area contributed by atoms with Crippen LogP contribution in [0, 0.1) is 13.8 Å². The summed E-state index contributed by atoms with van der Waals surface area (Å²) in [5.74, 6) is 0. The van der Waals surface area contributed by atoms with E-state index in [0.717, 1.165) is 29.8 Å². The SMILES string of the molecule is Cc1ccc(NC(=O)N2Cc3c(sc4c3CCCC4)-n3cccc3C2c2cccs2)c(C)c1. The Labute approximate surface area is 202 Å². The number of amides is 2. The van der Waals surface area contributed by atoms with Crippen LogP contribution < -0.4 is 5.32 Å². The molecule has 4 aromatic rings. The van der Waals surface area contributed by atoms with Gasteiger partial charge in [0.2, 0.25) is 0 Å². The molecular formula is C27H27N3OS2. The predicted molar refractivity (Wildman–Crippen MR) is 137 cm³/mol. The van der Waals surface area contributed by atoms with Crippen LogP contribution >= 0.6 is 22.7 Å². The molecule has 1 unspecified atom stereocenters. The highest BCUT2D eigenvalue weighted by molar-refractivity contribution is 7.15. The number of hydrogen-bond donors (Lipinski definition) is 1. The van der Waals surface area contributed by atoms with Crippen LogP contribution in [0.2, 0.25) is 0 Å². The molecule has 168 valence electrons. The first-order valence-electron chi connectivity index (χ1n) is 11.6. The fourth-order valence-corrected chi connectivity index (χ4v) is 7.53. The quantitative estimate of drug-likeness (QED) is 0.327. The van der Waals surface area contributed by atoms with Crippen LogP contribution in [-0.2, 0) is 19.4 Å². The van der Waals surface area contributed by atoms with E-state index in [-0.39, 0.29) is 12.1 Å². The van der Waals surface area contributed by atoms with Gasteiger partial charge in [0.05, 0.1) is 12.2 Å². The summed E-state index contributed by atoms with van der Waals surface area (Å²) in [5.41, 5.74) is 7.14. The molecule has 0 radical (unpaired) electrons. The van der Waals surface area contributed by atoms with Crippen molar-refractivity contribution < 1.29 is 4.79 Å². The zero-order chi connectivity index (χ0) is 22.5. The Morgan fingerprint density at radius 2 is 1.94 bits per heavy atom. The fourth-order valence-electron chi connectivity index (χ4n) is 5.27. The van der Waals surface area contributed by atoms with Crippen molar-refractivity contribution in [1.82, 2.24) is 9.47 Å². The van der Waals surface area contributed by atoms with E-state index in [1.165, 1.54) is 44.3 Å². The van der Waals surface area contributed by atoms with Gasteiger partial charge in [0, 0.05) is 27.2 Å². The molecule has 6 heteroatoms. The monoisotopic (exact) mass is 473 g/mol. The van der Waals surface area contributed by atoms with E-state index in [1.54, 1.807) is 11.3 Å². The van der Waals surface area contributed by atoms with Crippen molar-refractivity contribution in [3.8, 4) is 5.00 Å². The second-order valence-corrected chi connectivity index (χ2v) is 11.2. The third-order valence-corrected chi connectivity index (χ3v) is 9.13. The van der Waals surface area contributed by atoms with Crippen molar-refractivity contribution in [1.29, 1.82) is 0 Å². The standard InChI is InChI=1S/C27H27N3OS2/c1-17-11-12-21(18(2)15-17)28-27(31)30-16-20-19-7-3-4-9-23(19)33-26(20)29-13-5-8-22(29)25(30)24-10-6-14-32-24/h5-6,8,10-15,25H,3-4,7,9,16H2,1-2H3,(H,28,31). The van der Waals surface area contributed by atoms with E-state index >= 15 is 0 Å². The maximum Gasteiger partial charge on any atom is 0.323 e. The first kappa shape index (κ1) is 20.8. The number of anilines is 1. The number of benzene rings is 1. The van der Waals surface area contributed by atoms with Gasteiger partial charge >= 0.3 is 6.03 Å². The van der Waals surface area contributed by atoms with Gasteiger partial charge in [-0.25, -0.2) is 4.79 Å². The van der Waals surface area contributed by atoms with E-state index in [4.69, 9.17) is 0 Å². The molecule has 4 nitrogen and oxygen atoms in total. The lowest BCUT2D eigenvalue weighted by molar-refractivity contribution is 0.195. The third-order valence-electron chi connectivity index (χ3n) is 6.88. The molecule has 1 aliphatic heterocycles. The number of thiophene rings is 2. The molecule has 0 saturated carbocycles. The minimum atomic E-state index is -0.121. The molecule has 2 aliphatic rings. The molecule has 6 rings (SSSR count). The van der Waals surface area contributed by atoms with E-state index in [0.29, 0.717) is 6.54 Å². The van der Waals surface area contributed by atoms with Crippen molar-refractivity contribution in [3.63, 3.8) is 0 Å². The molecular weight excluding hydrogens is 446 g/mol. The Morgan fingerprint density at radius 3 is 2.76 bits per heavy atom. The molecule has 0 spiro atoms. The highest BCUT2D eigenvalue weighted by Crippen LogP contribution is 2.44. The molecule has 1 atom stereocenters. The summed E-state index contributed by atoms with van der Waals surface area (Å²) in [6.45, 7) is 4.76. The minimum absolute atomic E-state index is 0.0447. The van der Waals surface area contributed by atoms with Gasteiger partial charge in [0.15, 0.2) is 0 Å². The normalized spacial score (nSPS) is 17.2. The zero-order valence-electron chi connectivity index (χ0n) is 18.9. The van der Waals surface area contributed by atoms with Crippen molar-refractivity contribution in [2.45, 2.75) is 52.1 Å². The topological polar surface area (TPSA) is 37.3 Å². The number of hydrogen-bond acceptors (Lipinski definition) is 3. The lowest BCUT2D eigenvalue weighted by Crippen LogP contribution is -2.38. The van der Waals surface area contributed by atoms with Gasteiger partial charge in [-0.05, 0) is 80.3 Å². The number of aromatic nitrogens is 1. The molecule has 0 fully saturated rings. The Morgan fingerprint density at radius 1 is 1.06 bits per heavy atom. The summed E-state index contributed by atoms with van der Waals surface area (Å²) in [4.78, 5) is 18.7. The van der Waals surface area contributed by atoms with Crippen LogP contribution in [-0.4, -0.2) is 15.5 Å². The third kappa shape index (κ3) is 3.52. The molecule has 1 N–H and O–H groups in total. The van der Waals surface area contributed by atoms with Crippen LogP contribution in [0.25, 0.3) is 5.00 Å². The van der Waals surface area contributed by atoms with Crippen molar-refractivity contribution in [3.05, 3.63) is 91.7 Å². The molecule has 0 bridgehead atoms.